The molecule has 2 N–H and O–H groups in total. The topological polar surface area (TPSA) is 104 Å². The van der Waals surface area contributed by atoms with Gasteiger partial charge in [-0.2, -0.15) is 5.21 Å². The Hall–Kier alpha value is -1.99. The van der Waals surface area contributed by atoms with Gasteiger partial charge in [-0.25, -0.2) is 0 Å². The number of aromatic amines is 1. The van der Waals surface area contributed by atoms with Gasteiger partial charge in [-0.05, 0) is 74.3 Å². The smallest absolute Gasteiger partial charge is 0.269 e. The first-order chi connectivity index (χ1) is 12.1. The molecule has 1 aromatic rings. The number of nitrogens with one attached hydrogen (secondary N) is 2. The maximum Gasteiger partial charge on any atom is 0.269 e. The largest absolute Gasteiger partial charge is 0.330 e. The van der Waals surface area contributed by atoms with E-state index in [-0.39, 0.29) is 23.2 Å². The zero-order valence-electron chi connectivity index (χ0n) is 14.3. The quantitative estimate of drug-likeness (QED) is 0.861. The van der Waals surface area contributed by atoms with Crippen LogP contribution in [0, 0.1) is 23.2 Å². The maximum absolute atomic E-state index is 13.5. The summed E-state index contributed by atoms with van der Waals surface area (Å²) in [4.78, 5) is 28.0. The molecule has 1 unspecified atom stereocenters. The molecule has 1 aromatic heterocycles. The number of nitrogens with zero attached hydrogens (tertiary/aromatic N) is 4. The Labute approximate surface area is 146 Å². The van der Waals surface area contributed by atoms with Crippen molar-refractivity contribution in [2.45, 2.75) is 57.4 Å². The van der Waals surface area contributed by atoms with Crippen molar-refractivity contribution in [3.8, 4) is 0 Å². The molecular formula is C17H24N6O2. The van der Waals surface area contributed by atoms with Crippen LogP contribution in [0.1, 0.15) is 51.4 Å². The van der Waals surface area contributed by atoms with Crippen LogP contribution in [-0.4, -0.2) is 49.9 Å². The lowest BCUT2D eigenvalue weighted by Gasteiger charge is -2.56. The molecule has 4 bridgehead atoms. The van der Waals surface area contributed by atoms with E-state index in [1.807, 2.05) is 4.90 Å². The second kappa shape index (κ2) is 5.51. The number of rotatable bonds is 3. The number of H-pyrrole nitrogens is 1. The van der Waals surface area contributed by atoms with Crippen LogP contribution in [0.25, 0.3) is 0 Å². The van der Waals surface area contributed by atoms with Crippen LogP contribution in [0.15, 0.2) is 0 Å². The van der Waals surface area contributed by atoms with Crippen molar-refractivity contribution in [1.82, 2.24) is 25.5 Å². The summed E-state index contributed by atoms with van der Waals surface area (Å²) in [5, 5.41) is 16.0. The van der Waals surface area contributed by atoms with Gasteiger partial charge < -0.3 is 4.90 Å². The molecule has 8 heteroatoms. The van der Waals surface area contributed by atoms with Crippen molar-refractivity contribution in [3.63, 3.8) is 0 Å². The number of carbonyl (C=O) groups is 2. The second-order valence-corrected chi connectivity index (χ2v) is 8.58. The standard InChI is InChI=1S/C17H24N6O2/c24-14(18-16-19-21-22-20-16)13-2-1-3-23(13)15(25)17-7-10-4-11(8-17)6-12(5-10)9-17/h10-13H,1-9H2,(H2,18,19,20,21,22,24). The molecule has 6 rings (SSSR count). The van der Waals surface area contributed by atoms with Gasteiger partial charge in [0.1, 0.15) is 6.04 Å². The normalized spacial score (nSPS) is 39.0. The van der Waals surface area contributed by atoms with Gasteiger partial charge in [0.25, 0.3) is 5.95 Å². The lowest BCUT2D eigenvalue weighted by molar-refractivity contribution is -0.160. The molecule has 1 atom stereocenters. The third-order valence-corrected chi connectivity index (χ3v) is 6.89. The molecule has 5 aliphatic rings. The summed E-state index contributed by atoms with van der Waals surface area (Å²) in [6, 6.07) is -0.404. The second-order valence-electron chi connectivity index (χ2n) is 8.58. The number of amides is 2. The van der Waals surface area contributed by atoms with Crippen molar-refractivity contribution in [3.05, 3.63) is 0 Å². The van der Waals surface area contributed by atoms with Gasteiger partial charge in [0, 0.05) is 6.54 Å². The van der Waals surface area contributed by atoms with Crippen LogP contribution in [0.5, 0.6) is 0 Å². The molecule has 1 saturated heterocycles. The summed E-state index contributed by atoms with van der Waals surface area (Å²) in [6.07, 6.45) is 8.63. The fourth-order valence-electron chi connectivity index (χ4n) is 6.37. The monoisotopic (exact) mass is 344 g/mol. The van der Waals surface area contributed by atoms with Crippen LogP contribution in [0.4, 0.5) is 5.95 Å². The lowest BCUT2D eigenvalue weighted by Crippen LogP contribution is -2.56. The molecule has 8 nitrogen and oxygen atoms in total. The highest BCUT2D eigenvalue weighted by Crippen LogP contribution is 2.60. The first-order valence-corrected chi connectivity index (χ1v) is 9.48. The van der Waals surface area contributed by atoms with Gasteiger partial charge in [0.05, 0.1) is 5.41 Å². The minimum absolute atomic E-state index is 0.166. The van der Waals surface area contributed by atoms with Crippen LogP contribution in [-0.2, 0) is 9.59 Å². The predicted molar refractivity (Wildman–Crippen MR) is 88.1 cm³/mol. The number of aromatic nitrogens is 4. The van der Waals surface area contributed by atoms with Crippen LogP contribution in [0.2, 0.25) is 0 Å². The summed E-state index contributed by atoms with van der Waals surface area (Å²) in [5.41, 5.74) is -0.191. The van der Waals surface area contributed by atoms with E-state index in [2.05, 4.69) is 25.9 Å². The molecular weight excluding hydrogens is 320 g/mol. The van der Waals surface area contributed by atoms with Crippen molar-refractivity contribution in [2.24, 2.45) is 23.2 Å². The van der Waals surface area contributed by atoms with E-state index in [0.717, 1.165) is 43.4 Å². The van der Waals surface area contributed by atoms with Gasteiger partial charge in [0.2, 0.25) is 11.8 Å². The first kappa shape index (κ1) is 15.3. The molecule has 4 saturated carbocycles. The Kier molecular flexibility index (Phi) is 3.36. The summed E-state index contributed by atoms with van der Waals surface area (Å²) >= 11 is 0. The van der Waals surface area contributed by atoms with E-state index < -0.39 is 6.04 Å². The third-order valence-electron chi connectivity index (χ3n) is 6.89. The predicted octanol–water partition coefficient (Wildman–Crippen LogP) is 1.35. The highest BCUT2D eigenvalue weighted by atomic mass is 16.2. The van der Waals surface area contributed by atoms with Gasteiger partial charge in [0.15, 0.2) is 0 Å². The number of hydrogen-bond acceptors (Lipinski definition) is 5. The van der Waals surface area contributed by atoms with E-state index in [1.165, 1.54) is 19.3 Å². The minimum atomic E-state index is -0.404. The zero-order chi connectivity index (χ0) is 17.0. The van der Waals surface area contributed by atoms with E-state index >= 15 is 0 Å². The Bertz CT molecular complexity index is 652. The SMILES string of the molecule is O=C(Nc1nn[nH]n1)C1CCCN1C(=O)C12CC3CC(CC(C3)C1)C2. The number of anilines is 1. The Morgan fingerprint density at radius 1 is 1.12 bits per heavy atom. The van der Waals surface area contributed by atoms with Gasteiger partial charge in [-0.3, -0.25) is 14.9 Å². The number of hydrogen-bond donors (Lipinski definition) is 2. The molecule has 1 aliphatic heterocycles. The Morgan fingerprint density at radius 3 is 2.40 bits per heavy atom. The van der Waals surface area contributed by atoms with Gasteiger partial charge in [-0.15, -0.1) is 5.10 Å². The van der Waals surface area contributed by atoms with Crippen molar-refractivity contribution in [2.75, 3.05) is 11.9 Å². The number of tetrazole rings is 1. The molecule has 0 radical (unpaired) electrons. The molecule has 4 aliphatic carbocycles. The van der Waals surface area contributed by atoms with Crippen molar-refractivity contribution >= 4 is 17.8 Å². The average Bonchev–Trinajstić information content (AvgIpc) is 3.24. The third kappa shape index (κ3) is 2.45. The van der Waals surface area contributed by atoms with Crippen LogP contribution < -0.4 is 5.32 Å². The first-order valence-electron chi connectivity index (χ1n) is 9.48. The zero-order valence-corrected chi connectivity index (χ0v) is 14.3. The maximum atomic E-state index is 13.5. The highest BCUT2D eigenvalue weighted by molar-refractivity contribution is 5.97. The van der Waals surface area contributed by atoms with Crippen LogP contribution in [0.3, 0.4) is 0 Å². The van der Waals surface area contributed by atoms with Gasteiger partial charge in [-0.1, -0.05) is 5.10 Å². The molecule has 0 aromatic carbocycles. The van der Waals surface area contributed by atoms with Crippen LogP contribution >= 0.6 is 0 Å². The molecule has 134 valence electrons. The fourth-order valence-corrected chi connectivity index (χ4v) is 6.37. The van der Waals surface area contributed by atoms with E-state index in [4.69, 9.17) is 0 Å². The fraction of sp³-hybridized carbons (Fsp3) is 0.824. The van der Waals surface area contributed by atoms with E-state index in [0.29, 0.717) is 13.0 Å². The summed E-state index contributed by atoms with van der Waals surface area (Å²) in [6.45, 7) is 0.685. The van der Waals surface area contributed by atoms with Crippen molar-refractivity contribution in [1.29, 1.82) is 0 Å². The average molecular weight is 344 g/mol. The van der Waals surface area contributed by atoms with E-state index in [9.17, 15) is 9.59 Å². The summed E-state index contributed by atoms with van der Waals surface area (Å²) in [7, 11) is 0. The number of likely N-dealkylation sites (tertiary alicyclic amines) is 1. The van der Waals surface area contributed by atoms with Crippen molar-refractivity contribution < 1.29 is 9.59 Å². The Balaban J connectivity index is 1.35. The lowest BCUT2D eigenvalue weighted by atomic mass is 9.49. The molecule has 5 fully saturated rings. The molecule has 2 heterocycles. The number of carbonyl (C=O) groups excluding carboxylic acids is 2. The molecule has 0 spiro atoms. The highest BCUT2D eigenvalue weighted by Gasteiger charge is 2.56. The van der Waals surface area contributed by atoms with E-state index in [1.54, 1.807) is 0 Å². The molecule has 25 heavy (non-hydrogen) atoms. The van der Waals surface area contributed by atoms with Gasteiger partial charge >= 0.3 is 0 Å². The molecule has 2 amide bonds. The summed E-state index contributed by atoms with van der Waals surface area (Å²) in [5.74, 6) is 2.38. The summed E-state index contributed by atoms with van der Waals surface area (Å²) < 4.78 is 0. The minimum Gasteiger partial charge on any atom is -0.330 e. The Morgan fingerprint density at radius 2 is 1.80 bits per heavy atom.